The molecule has 1 N–H and O–H groups in total. The zero-order valence-corrected chi connectivity index (χ0v) is 20.5. The van der Waals surface area contributed by atoms with Gasteiger partial charge in [0.25, 0.3) is 5.91 Å². The second-order valence-electron chi connectivity index (χ2n) is 9.91. The Bertz CT molecular complexity index is 842. The lowest BCUT2D eigenvalue weighted by atomic mass is 10.0. The topological polar surface area (TPSA) is 76.2 Å². The normalized spacial score (nSPS) is 22.3. The summed E-state index contributed by atoms with van der Waals surface area (Å²) in [5.74, 6) is 0.282. The highest BCUT2D eigenvalue weighted by Crippen LogP contribution is 2.18. The Hall–Kier alpha value is -2.61. The molecule has 0 radical (unpaired) electrons. The number of likely N-dealkylation sites (tertiary alicyclic amines) is 2. The Morgan fingerprint density at radius 3 is 2.09 bits per heavy atom. The maximum absolute atomic E-state index is 12.8. The number of piperazine rings is 1. The van der Waals surface area contributed by atoms with Gasteiger partial charge in [0.15, 0.2) is 0 Å². The van der Waals surface area contributed by atoms with Crippen molar-refractivity contribution in [3.8, 4) is 0 Å². The van der Waals surface area contributed by atoms with E-state index in [1.165, 1.54) is 19.3 Å². The van der Waals surface area contributed by atoms with Crippen LogP contribution in [0.5, 0.6) is 0 Å². The molecular weight excluding hydrogens is 430 g/mol. The lowest BCUT2D eigenvalue weighted by molar-refractivity contribution is -0.136. The molecule has 3 fully saturated rings. The van der Waals surface area contributed by atoms with Crippen LogP contribution in [0.4, 0.5) is 10.5 Å². The smallest absolute Gasteiger partial charge is 0.321 e. The molecule has 186 valence electrons. The van der Waals surface area contributed by atoms with Crippen LogP contribution in [0, 0.1) is 0 Å². The van der Waals surface area contributed by atoms with E-state index in [2.05, 4.69) is 17.1 Å². The summed E-state index contributed by atoms with van der Waals surface area (Å²) >= 11 is 0. The zero-order valence-electron chi connectivity index (χ0n) is 20.5. The number of anilines is 1. The van der Waals surface area contributed by atoms with Crippen LogP contribution in [0.1, 0.15) is 62.2 Å². The molecule has 0 spiro atoms. The quantitative estimate of drug-likeness (QED) is 0.735. The Kier molecular flexibility index (Phi) is 8.43. The molecule has 8 heteroatoms. The number of amides is 4. The number of nitrogens with zero attached hydrogens (tertiary/aromatic N) is 4. The zero-order chi connectivity index (χ0) is 23.9. The maximum Gasteiger partial charge on any atom is 0.321 e. The summed E-state index contributed by atoms with van der Waals surface area (Å²) in [5.41, 5.74) is 1.36. The van der Waals surface area contributed by atoms with Gasteiger partial charge < -0.3 is 20.0 Å². The van der Waals surface area contributed by atoms with Crippen LogP contribution in [0.3, 0.4) is 0 Å². The molecule has 0 aromatic heterocycles. The Labute approximate surface area is 203 Å². The summed E-state index contributed by atoms with van der Waals surface area (Å²) < 4.78 is 0. The van der Waals surface area contributed by atoms with Gasteiger partial charge in [-0.05, 0) is 63.3 Å². The minimum atomic E-state index is -0.137. The fourth-order valence-electron chi connectivity index (χ4n) is 5.21. The van der Waals surface area contributed by atoms with Gasteiger partial charge in [-0.15, -0.1) is 0 Å². The van der Waals surface area contributed by atoms with Crippen molar-refractivity contribution < 1.29 is 14.4 Å². The van der Waals surface area contributed by atoms with Crippen molar-refractivity contribution in [1.29, 1.82) is 0 Å². The first kappa shape index (κ1) is 24.5. The van der Waals surface area contributed by atoms with Crippen LogP contribution < -0.4 is 5.32 Å². The minimum Gasteiger partial charge on any atom is -0.339 e. The van der Waals surface area contributed by atoms with E-state index < -0.39 is 0 Å². The second kappa shape index (κ2) is 11.7. The molecule has 4 rings (SSSR count). The largest absolute Gasteiger partial charge is 0.339 e. The van der Waals surface area contributed by atoms with Crippen molar-refractivity contribution in [2.75, 3.05) is 57.7 Å². The number of nitrogens with one attached hydrogen (secondary N) is 1. The summed E-state index contributed by atoms with van der Waals surface area (Å²) in [6.07, 6.45) is 7.91. The van der Waals surface area contributed by atoms with E-state index >= 15 is 0 Å². The van der Waals surface area contributed by atoms with Crippen LogP contribution in [0.15, 0.2) is 24.3 Å². The average molecular weight is 470 g/mol. The third-order valence-electron chi connectivity index (χ3n) is 7.42. The van der Waals surface area contributed by atoms with Gasteiger partial charge in [-0.3, -0.25) is 14.5 Å². The van der Waals surface area contributed by atoms with Crippen molar-refractivity contribution in [3.63, 3.8) is 0 Å². The highest BCUT2D eigenvalue weighted by Gasteiger charge is 2.27. The van der Waals surface area contributed by atoms with E-state index in [0.717, 1.165) is 45.3 Å². The van der Waals surface area contributed by atoms with Gasteiger partial charge in [0, 0.05) is 63.1 Å². The molecule has 1 unspecified atom stereocenters. The average Bonchev–Trinajstić information content (AvgIpc) is 3.14. The molecule has 3 aliphatic rings. The summed E-state index contributed by atoms with van der Waals surface area (Å²) in [6.45, 7) is 7.68. The SMILES string of the molecule is CC1CCCCN1C(=O)CN1CCN(C(=O)Nc2ccc(C(=O)N3CCCCCC3)cc2)CC1. The molecule has 0 aliphatic carbocycles. The summed E-state index contributed by atoms with van der Waals surface area (Å²) in [7, 11) is 0. The number of carbonyl (C=O) groups is 3. The van der Waals surface area contributed by atoms with Gasteiger partial charge in [-0.2, -0.15) is 0 Å². The predicted molar refractivity (Wildman–Crippen MR) is 133 cm³/mol. The van der Waals surface area contributed by atoms with Crippen LogP contribution in [-0.2, 0) is 4.79 Å². The van der Waals surface area contributed by atoms with Crippen molar-refractivity contribution in [3.05, 3.63) is 29.8 Å². The lowest BCUT2D eigenvalue weighted by Crippen LogP contribution is -2.53. The van der Waals surface area contributed by atoms with Crippen LogP contribution in [-0.4, -0.2) is 95.8 Å². The number of carbonyl (C=O) groups excluding carboxylic acids is 3. The van der Waals surface area contributed by atoms with Gasteiger partial charge in [0.1, 0.15) is 0 Å². The third-order valence-corrected chi connectivity index (χ3v) is 7.42. The number of rotatable bonds is 4. The van der Waals surface area contributed by atoms with Crippen LogP contribution >= 0.6 is 0 Å². The molecule has 0 saturated carbocycles. The molecule has 3 aliphatic heterocycles. The fourth-order valence-corrected chi connectivity index (χ4v) is 5.21. The summed E-state index contributed by atoms with van der Waals surface area (Å²) in [4.78, 5) is 46.1. The maximum atomic E-state index is 12.8. The highest BCUT2D eigenvalue weighted by molar-refractivity contribution is 5.95. The lowest BCUT2D eigenvalue weighted by Gasteiger charge is -2.38. The summed E-state index contributed by atoms with van der Waals surface area (Å²) in [5, 5.41) is 2.95. The number of urea groups is 1. The number of hydrogen-bond acceptors (Lipinski definition) is 4. The molecule has 34 heavy (non-hydrogen) atoms. The molecule has 0 bridgehead atoms. The Morgan fingerprint density at radius 2 is 1.44 bits per heavy atom. The van der Waals surface area contributed by atoms with Gasteiger partial charge in [0.05, 0.1) is 6.54 Å². The van der Waals surface area contributed by atoms with Crippen LogP contribution in [0.25, 0.3) is 0 Å². The first-order valence-electron chi connectivity index (χ1n) is 13.0. The van der Waals surface area contributed by atoms with Crippen molar-refractivity contribution in [2.24, 2.45) is 0 Å². The predicted octanol–water partition coefficient (Wildman–Crippen LogP) is 3.25. The third kappa shape index (κ3) is 6.29. The van der Waals surface area contributed by atoms with Crippen molar-refractivity contribution in [1.82, 2.24) is 19.6 Å². The van der Waals surface area contributed by atoms with E-state index in [4.69, 9.17) is 0 Å². The molecule has 1 aromatic rings. The van der Waals surface area contributed by atoms with Crippen molar-refractivity contribution in [2.45, 2.75) is 57.9 Å². The van der Waals surface area contributed by atoms with Crippen LogP contribution in [0.2, 0.25) is 0 Å². The van der Waals surface area contributed by atoms with Crippen molar-refractivity contribution >= 4 is 23.5 Å². The van der Waals surface area contributed by atoms with E-state index in [1.54, 1.807) is 29.2 Å². The van der Waals surface area contributed by atoms with E-state index in [-0.39, 0.29) is 17.8 Å². The Morgan fingerprint density at radius 1 is 0.794 bits per heavy atom. The minimum absolute atomic E-state index is 0.0735. The van der Waals surface area contributed by atoms with Gasteiger partial charge in [0.2, 0.25) is 5.91 Å². The molecule has 4 amide bonds. The molecule has 3 saturated heterocycles. The summed E-state index contributed by atoms with van der Waals surface area (Å²) in [6, 6.07) is 7.40. The van der Waals surface area contributed by atoms with Gasteiger partial charge in [-0.25, -0.2) is 4.79 Å². The second-order valence-corrected chi connectivity index (χ2v) is 9.91. The molecule has 8 nitrogen and oxygen atoms in total. The fraction of sp³-hybridized carbons (Fsp3) is 0.654. The molecular formula is C26H39N5O3. The molecule has 1 aromatic carbocycles. The number of benzene rings is 1. The number of piperidine rings is 1. The van der Waals surface area contributed by atoms with Gasteiger partial charge >= 0.3 is 6.03 Å². The monoisotopic (exact) mass is 469 g/mol. The molecule has 1 atom stereocenters. The number of hydrogen-bond donors (Lipinski definition) is 1. The first-order chi connectivity index (χ1) is 16.5. The van der Waals surface area contributed by atoms with Gasteiger partial charge in [-0.1, -0.05) is 12.8 Å². The standard InChI is InChI=1S/C26H39N5O3/c1-21-8-4-7-15-31(21)24(32)20-28-16-18-30(19-17-28)26(34)27-23-11-9-22(10-12-23)25(33)29-13-5-2-3-6-14-29/h9-12,21H,2-8,13-20H2,1H3,(H,27,34). The van der Waals surface area contributed by atoms with E-state index in [0.29, 0.717) is 50.0 Å². The first-order valence-corrected chi connectivity index (χ1v) is 13.0. The molecule has 3 heterocycles. The van der Waals surface area contributed by atoms with E-state index in [1.807, 2.05) is 9.80 Å². The Balaban J connectivity index is 1.22. The highest BCUT2D eigenvalue weighted by atomic mass is 16.2. The van der Waals surface area contributed by atoms with E-state index in [9.17, 15) is 14.4 Å².